The molecule has 0 radical (unpaired) electrons. The van der Waals surface area contributed by atoms with Gasteiger partial charge in [-0.2, -0.15) is 0 Å². The van der Waals surface area contributed by atoms with E-state index in [2.05, 4.69) is 0 Å². The molecule has 4 aromatic rings. The molecule has 0 aromatic heterocycles. The molecule has 14 atom stereocenters. The molecule has 7 rings (SSSR count). The maximum Gasteiger partial charge on any atom is 0.125 e. The molecule has 0 spiro atoms. The van der Waals surface area contributed by atoms with Crippen molar-refractivity contribution >= 4 is 0 Å². The van der Waals surface area contributed by atoms with Crippen LogP contribution in [0.1, 0.15) is 69.6 Å². The number of ether oxygens (including phenoxy) is 3. The van der Waals surface area contributed by atoms with E-state index in [1.54, 1.807) is 24.3 Å². The zero-order valence-electron chi connectivity index (χ0n) is 29.9. The lowest BCUT2D eigenvalue weighted by atomic mass is 9.74. The highest BCUT2D eigenvalue weighted by molar-refractivity contribution is 5.55. The summed E-state index contributed by atoms with van der Waals surface area (Å²) in [7, 11) is 0. The molecule has 4 aromatic carbocycles. The Morgan fingerprint density at radius 2 is 0.684 bits per heavy atom. The van der Waals surface area contributed by atoms with Gasteiger partial charge in [-0.1, -0.05) is 24.3 Å². The molecule has 0 aliphatic carbocycles. The number of hydrogen-bond acceptors (Lipinski definition) is 17. The van der Waals surface area contributed by atoms with Gasteiger partial charge in [0.05, 0.1) is 36.5 Å². The smallest absolute Gasteiger partial charge is 0.125 e. The lowest BCUT2D eigenvalue weighted by Crippen LogP contribution is -2.55. The van der Waals surface area contributed by atoms with E-state index >= 15 is 0 Å². The van der Waals surface area contributed by atoms with Gasteiger partial charge in [0.1, 0.15) is 95.5 Å². The third-order valence-corrected chi connectivity index (χ3v) is 11.2. The van der Waals surface area contributed by atoms with Gasteiger partial charge in [-0.05, 0) is 70.8 Å². The van der Waals surface area contributed by atoms with Gasteiger partial charge in [0.25, 0.3) is 0 Å². The molecule has 3 saturated heterocycles. The predicted octanol–water partition coefficient (Wildman–Crippen LogP) is 0.330. The average molecular weight is 797 g/mol. The van der Waals surface area contributed by atoms with Crippen LogP contribution in [0.4, 0.5) is 0 Å². The van der Waals surface area contributed by atoms with Crippen molar-refractivity contribution in [3.8, 4) is 34.5 Å². The van der Waals surface area contributed by atoms with Gasteiger partial charge in [-0.15, -0.1) is 0 Å². The first-order valence-electron chi connectivity index (χ1n) is 18.1. The second-order valence-electron chi connectivity index (χ2n) is 14.7. The van der Waals surface area contributed by atoms with Crippen molar-refractivity contribution in [3.63, 3.8) is 0 Å². The molecule has 306 valence electrons. The van der Waals surface area contributed by atoms with Crippen molar-refractivity contribution in [2.45, 2.75) is 85.1 Å². The summed E-state index contributed by atoms with van der Waals surface area (Å²) in [5, 5.41) is 149. The minimum atomic E-state index is -1.84. The normalized spacial score (nSPS) is 34.3. The Hall–Kier alpha value is -4.76. The Balaban J connectivity index is 1.39. The standard InChI is InChI=1S/C40H44O17/c41-13-25-31(49)33(51)35(53)39(55-25)29-21(45)9-17(10-22(29)46)27-28(38(16-3-7-20(44)8-4-16)57-37(27)15-1-5-19(43)6-2-15)18-11-23(47)30(24(48)12-18)40-36(54)34(52)32(50)26(14-42)56-40/h1-12,25-28,31-54H,13-14H2/t25-,26+,27-,28+,31+,32-,33-,34-,35+,36-,37-,38+,39+,40-/m0/s1. The van der Waals surface area contributed by atoms with Crippen LogP contribution in [0.15, 0.2) is 72.8 Å². The second kappa shape index (κ2) is 15.9. The summed E-state index contributed by atoms with van der Waals surface area (Å²) in [6.45, 7) is -1.52. The molecule has 0 unspecified atom stereocenters. The second-order valence-corrected chi connectivity index (χ2v) is 14.7. The van der Waals surface area contributed by atoms with Crippen molar-refractivity contribution in [3.05, 3.63) is 106 Å². The van der Waals surface area contributed by atoms with E-state index in [1.807, 2.05) is 0 Å². The first kappa shape index (κ1) is 40.4. The summed E-state index contributed by atoms with van der Waals surface area (Å²) < 4.78 is 18.0. The van der Waals surface area contributed by atoms with Gasteiger partial charge in [-0.25, -0.2) is 0 Å². The number of phenolic OH excluding ortho intramolecular Hbond substituents is 6. The van der Waals surface area contributed by atoms with Crippen LogP contribution >= 0.6 is 0 Å². The van der Waals surface area contributed by atoms with Crippen LogP contribution in [0.25, 0.3) is 0 Å². The Bertz CT molecular complexity index is 1850. The van der Waals surface area contributed by atoms with Gasteiger partial charge in [0, 0.05) is 11.8 Å². The molecule has 0 amide bonds. The molecule has 17 heteroatoms. The van der Waals surface area contributed by atoms with Gasteiger partial charge in [-0.3, -0.25) is 0 Å². The van der Waals surface area contributed by atoms with E-state index in [1.165, 1.54) is 48.5 Å². The summed E-state index contributed by atoms with van der Waals surface area (Å²) in [5.41, 5.74) is 0.711. The SMILES string of the molecule is OC[C@@H]1O[C@H](c2c(O)cc([C@H]3[C@@H](c4cc(O)c([C@@H]5O[C@H](CO)[C@H](O)[C@H](O)[C@@H]5O)c(O)c4)[C@@H](c4ccc(O)cc4)O[C@H]3c3ccc(O)cc3)cc2O)[C@H](O)[C@@H](O)[C@@H]1O. The minimum absolute atomic E-state index is 0.0577. The van der Waals surface area contributed by atoms with Gasteiger partial charge in [0.2, 0.25) is 0 Å². The lowest BCUT2D eigenvalue weighted by Gasteiger charge is -2.40. The Kier molecular flexibility index (Phi) is 11.3. The van der Waals surface area contributed by atoms with Crippen molar-refractivity contribution in [1.29, 1.82) is 0 Å². The number of aliphatic hydroxyl groups is 8. The van der Waals surface area contributed by atoms with E-state index in [4.69, 9.17) is 14.2 Å². The van der Waals surface area contributed by atoms with Gasteiger partial charge >= 0.3 is 0 Å². The molecule has 57 heavy (non-hydrogen) atoms. The van der Waals surface area contributed by atoms with Crippen molar-refractivity contribution in [2.24, 2.45) is 0 Å². The molecular formula is C40H44O17. The number of aliphatic hydroxyl groups excluding tert-OH is 8. The number of hydrogen-bond donors (Lipinski definition) is 14. The van der Waals surface area contributed by atoms with E-state index in [0.29, 0.717) is 11.1 Å². The highest BCUT2D eigenvalue weighted by atomic mass is 16.6. The molecule has 0 bridgehead atoms. The minimum Gasteiger partial charge on any atom is -0.508 e. The lowest BCUT2D eigenvalue weighted by molar-refractivity contribution is -0.232. The quantitative estimate of drug-likeness (QED) is 0.114. The van der Waals surface area contributed by atoms with Crippen molar-refractivity contribution < 1.29 is 85.7 Å². The Morgan fingerprint density at radius 1 is 0.368 bits per heavy atom. The van der Waals surface area contributed by atoms with Crippen LogP contribution in [-0.2, 0) is 14.2 Å². The Labute approximate surface area is 324 Å². The Morgan fingerprint density at radius 3 is 0.982 bits per heavy atom. The van der Waals surface area contributed by atoms with Crippen LogP contribution in [0, 0.1) is 0 Å². The summed E-state index contributed by atoms with van der Waals surface area (Å²) in [5.74, 6) is -4.46. The molecule has 3 aliphatic heterocycles. The summed E-state index contributed by atoms with van der Waals surface area (Å²) in [4.78, 5) is 0. The molecular weight excluding hydrogens is 752 g/mol. The topological polar surface area (TPSA) is 311 Å². The van der Waals surface area contributed by atoms with E-state index in [0.717, 1.165) is 0 Å². The van der Waals surface area contributed by atoms with Crippen molar-refractivity contribution in [2.75, 3.05) is 13.2 Å². The maximum atomic E-state index is 11.5. The van der Waals surface area contributed by atoms with E-state index < -0.39 is 121 Å². The third kappa shape index (κ3) is 7.21. The van der Waals surface area contributed by atoms with Crippen molar-refractivity contribution in [1.82, 2.24) is 0 Å². The molecule has 3 heterocycles. The van der Waals surface area contributed by atoms with Gasteiger partial charge < -0.3 is 85.7 Å². The van der Waals surface area contributed by atoms with Crippen LogP contribution in [0.5, 0.6) is 34.5 Å². The number of phenols is 6. The van der Waals surface area contributed by atoms with Crippen LogP contribution < -0.4 is 0 Å². The molecule has 0 saturated carbocycles. The molecule has 14 N–H and O–H groups in total. The highest BCUT2D eigenvalue weighted by Gasteiger charge is 2.51. The first-order valence-corrected chi connectivity index (χ1v) is 18.1. The maximum absolute atomic E-state index is 11.5. The van der Waals surface area contributed by atoms with Crippen LogP contribution in [-0.4, -0.2) is 134 Å². The summed E-state index contributed by atoms with van der Waals surface area (Å²) in [6.07, 6.45) is -18.6. The first-order chi connectivity index (χ1) is 27.1. The van der Waals surface area contributed by atoms with Crippen LogP contribution in [0.2, 0.25) is 0 Å². The van der Waals surface area contributed by atoms with E-state index in [9.17, 15) is 71.5 Å². The zero-order valence-corrected chi connectivity index (χ0v) is 29.9. The number of rotatable bonds is 8. The third-order valence-electron chi connectivity index (χ3n) is 11.2. The fourth-order valence-electron chi connectivity index (χ4n) is 8.30. The summed E-state index contributed by atoms with van der Waals surface area (Å²) >= 11 is 0. The number of benzene rings is 4. The molecule has 17 nitrogen and oxygen atoms in total. The average Bonchev–Trinajstić information content (AvgIpc) is 3.58. The molecule has 3 fully saturated rings. The molecule has 3 aliphatic rings. The fourth-order valence-corrected chi connectivity index (χ4v) is 8.30. The monoisotopic (exact) mass is 796 g/mol. The van der Waals surface area contributed by atoms with Crippen LogP contribution in [0.3, 0.4) is 0 Å². The zero-order chi connectivity index (χ0) is 41.0. The van der Waals surface area contributed by atoms with Gasteiger partial charge in [0.15, 0.2) is 0 Å². The highest BCUT2D eigenvalue weighted by Crippen LogP contribution is 2.61. The summed E-state index contributed by atoms with van der Waals surface area (Å²) in [6, 6.07) is 17.0. The van der Waals surface area contributed by atoms with E-state index in [-0.39, 0.29) is 33.8 Å². The largest absolute Gasteiger partial charge is 0.508 e. The number of aromatic hydroxyl groups is 6. The predicted molar refractivity (Wildman–Crippen MR) is 193 cm³/mol. The fraction of sp³-hybridized carbons (Fsp3) is 0.400.